The fourth-order valence-electron chi connectivity index (χ4n) is 2.69. The first-order valence-corrected chi connectivity index (χ1v) is 6.60. The first kappa shape index (κ1) is 11.6. The molecule has 3 rings (SSSR count). The van der Waals surface area contributed by atoms with Crippen LogP contribution in [0.2, 0.25) is 5.15 Å². The molecule has 1 aromatic carbocycles. The fourth-order valence-corrected chi connectivity index (χ4v) is 3.06. The van der Waals surface area contributed by atoms with Crippen molar-refractivity contribution in [3.8, 4) is 17.1 Å². The Morgan fingerprint density at radius 2 is 2.17 bits per heavy atom. The number of fused-ring (bicyclic) bond motifs is 1. The molecule has 1 unspecified atom stereocenters. The molecular formula is C14H15ClN2O. The number of imidazole rings is 1. The number of benzene rings is 1. The summed E-state index contributed by atoms with van der Waals surface area (Å²) < 4.78 is 2.14. The Bertz CT molecular complexity index is 591. The Labute approximate surface area is 111 Å². The van der Waals surface area contributed by atoms with Crippen LogP contribution in [0.1, 0.15) is 31.4 Å². The maximum atomic E-state index is 9.94. The maximum Gasteiger partial charge on any atom is 0.151 e. The summed E-state index contributed by atoms with van der Waals surface area (Å²) in [6.45, 7) is 3.09. The van der Waals surface area contributed by atoms with E-state index in [-0.39, 0.29) is 5.75 Å². The number of aromatic hydroxyl groups is 1. The summed E-state index contributed by atoms with van der Waals surface area (Å²) in [7, 11) is 0. The minimum Gasteiger partial charge on any atom is -0.507 e. The molecule has 0 saturated heterocycles. The lowest BCUT2D eigenvalue weighted by Crippen LogP contribution is -2.14. The number of halogens is 1. The van der Waals surface area contributed by atoms with Crippen LogP contribution in [0.4, 0.5) is 0 Å². The van der Waals surface area contributed by atoms with Gasteiger partial charge in [0, 0.05) is 6.54 Å². The Morgan fingerprint density at radius 1 is 1.39 bits per heavy atom. The van der Waals surface area contributed by atoms with E-state index >= 15 is 0 Å². The van der Waals surface area contributed by atoms with E-state index in [9.17, 15) is 5.11 Å². The Balaban J connectivity index is 2.20. The van der Waals surface area contributed by atoms with Crippen LogP contribution in [0.15, 0.2) is 24.3 Å². The molecule has 0 bridgehead atoms. The molecule has 2 aromatic rings. The number of aromatic nitrogens is 2. The lowest BCUT2D eigenvalue weighted by molar-refractivity contribution is 0.468. The van der Waals surface area contributed by atoms with Crippen molar-refractivity contribution >= 4 is 11.6 Å². The van der Waals surface area contributed by atoms with Gasteiger partial charge in [-0.3, -0.25) is 0 Å². The molecule has 18 heavy (non-hydrogen) atoms. The van der Waals surface area contributed by atoms with Crippen LogP contribution in [0.3, 0.4) is 0 Å². The number of nitrogens with zero attached hydrogens (tertiary/aromatic N) is 2. The molecule has 0 radical (unpaired) electrons. The van der Waals surface area contributed by atoms with E-state index in [2.05, 4.69) is 16.5 Å². The second-order valence-electron chi connectivity index (χ2n) is 4.82. The van der Waals surface area contributed by atoms with E-state index in [0.29, 0.717) is 11.1 Å². The zero-order chi connectivity index (χ0) is 12.7. The third-order valence-electron chi connectivity index (χ3n) is 3.59. The van der Waals surface area contributed by atoms with Gasteiger partial charge < -0.3 is 9.67 Å². The first-order chi connectivity index (χ1) is 8.68. The van der Waals surface area contributed by atoms with Crippen molar-refractivity contribution < 1.29 is 5.11 Å². The zero-order valence-corrected chi connectivity index (χ0v) is 11.0. The maximum absolute atomic E-state index is 9.94. The van der Waals surface area contributed by atoms with Crippen LogP contribution in [0, 0.1) is 0 Å². The Morgan fingerprint density at radius 3 is 2.94 bits per heavy atom. The number of rotatable bonds is 1. The van der Waals surface area contributed by atoms with E-state index < -0.39 is 0 Å². The van der Waals surface area contributed by atoms with E-state index in [1.54, 1.807) is 6.07 Å². The van der Waals surface area contributed by atoms with Gasteiger partial charge in [-0.05, 0) is 30.9 Å². The Hall–Kier alpha value is -1.48. The minimum absolute atomic E-state index is 0.250. The number of phenols is 1. The molecule has 94 valence electrons. The van der Waals surface area contributed by atoms with Crippen LogP contribution in [-0.2, 0) is 6.54 Å². The van der Waals surface area contributed by atoms with E-state index in [1.165, 1.54) is 0 Å². The van der Waals surface area contributed by atoms with Gasteiger partial charge in [-0.25, -0.2) is 4.98 Å². The molecule has 0 saturated carbocycles. The molecule has 0 fully saturated rings. The van der Waals surface area contributed by atoms with Gasteiger partial charge in [-0.2, -0.15) is 0 Å². The van der Waals surface area contributed by atoms with Crippen molar-refractivity contribution in [1.82, 2.24) is 9.55 Å². The molecule has 4 heteroatoms. The number of para-hydroxylation sites is 1. The topological polar surface area (TPSA) is 38.0 Å². The lowest BCUT2D eigenvalue weighted by atomic mass is 9.98. The highest BCUT2D eigenvalue weighted by atomic mass is 35.5. The highest BCUT2D eigenvalue weighted by molar-refractivity contribution is 6.30. The average Bonchev–Trinajstić information content (AvgIpc) is 2.69. The normalized spacial score (nSPS) is 18.7. The monoisotopic (exact) mass is 262 g/mol. The average molecular weight is 263 g/mol. The van der Waals surface area contributed by atoms with Crippen molar-refractivity contribution in [2.24, 2.45) is 0 Å². The third-order valence-corrected chi connectivity index (χ3v) is 3.87. The fraction of sp³-hybridized carbons (Fsp3) is 0.357. The number of phenolic OH excluding ortho intramolecular Hbond substituents is 1. The van der Waals surface area contributed by atoms with Crippen molar-refractivity contribution in [3.63, 3.8) is 0 Å². The second-order valence-corrected chi connectivity index (χ2v) is 5.18. The van der Waals surface area contributed by atoms with Gasteiger partial charge in [0.25, 0.3) is 0 Å². The standard InChI is InChI=1S/C14H15ClN2O/c1-9-5-4-8-17-12(9)13(15)16-14(17)10-6-2-3-7-11(10)18/h2-3,6-7,9,18H,4-5,8H2,1H3. The Kier molecular flexibility index (Phi) is 2.78. The second kappa shape index (κ2) is 4.32. The van der Waals surface area contributed by atoms with Gasteiger partial charge in [-0.15, -0.1) is 0 Å². The predicted molar refractivity (Wildman–Crippen MR) is 72.0 cm³/mol. The summed E-state index contributed by atoms with van der Waals surface area (Å²) >= 11 is 6.25. The smallest absolute Gasteiger partial charge is 0.151 e. The van der Waals surface area contributed by atoms with Gasteiger partial charge >= 0.3 is 0 Å². The van der Waals surface area contributed by atoms with E-state index in [4.69, 9.17) is 11.6 Å². The lowest BCUT2D eigenvalue weighted by Gasteiger charge is -2.22. The first-order valence-electron chi connectivity index (χ1n) is 6.22. The minimum atomic E-state index is 0.250. The number of hydrogen-bond acceptors (Lipinski definition) is 2. The van der Waals surface area contributed by atoms with Crippen molar-refractivity contribution in [3.05, 3.63) is 35.1 Å². The molecule has 1 aliphatic rings. The number of hydrogen-bond donors (Lipinski definition) is 1. The molecule has 1 atom stereocenters. The molecule has 3 nitrogen and oxygen atoms in total. The summed E-state index contributed by atoms with van der Waals surface area (Å²) in [6, 6.07) is 7.26. The molecule has 1 aromatic heterocycles. The van der Waals surface area contributed by atoms with E-state index in [0.717, 1.165) is 36.5 Å². The summed E-state index contributed by atoms with van der Waals surface area (Å²) in [5.41, 5.74) is 1.85. The summed E-state index contributed by atoms with van der Waals surface area (Å²) in [6.07, 6.45) is 2.27. The molecule has 0 aliphatic carbocycles. The summed E-state index contributed by atoms with van der Waals surface area (Å²) in [4.78, 5) is 4.44. The van der Waals surface area contributed by atoms with Gasteiger partial charge in [-0.1, -0.05) is 30.7 Å². The van der Waals surface area contributed by atoms with Gasteiger partial charge in [0.1, 0.15) is 11.6 Å². The molecular weight excluding hydrogens is 248 g/mol. The van der Waals surface area contributed by atoms with Gasteiger partial charge in [0.15, 0.2) is 5.15 Å². The molecule has 0 amide bonds. The molecule has 1 N–H and O–H groups in total. The van der Waals surface area contributed by atoms with E-state index in [1.807, 2.05) is 18.2 Å². The molecule has 0 spiro atoms. The quantitative estimate of drug-likeness (QED) is 0.849. The summed E-state index contributed by atoms with van der Waals surface area (Å²) in [5.74, 6) is 1.46. The van der Waals surface area contributed by atoms with Gasteiger partial charge in [0.2, 0.25) is 0 Å². The predicted octanol–water partition coefficient (Wildman–Crippen LogP) is 3.81. The van der Waals surface area contributed by atoms with Gasteiger partial charge in [0.05, 0.1) is 11.3 Å². The SMILES string of the molecule is CC1CCCn2c(-c3ccccc3O)nc(Cl)c21. The van der Waals surface area contributed by atoms with Crippen molar-refractivity contribution in [2.75, 3.05) is 0 Å². The highest BCUT2D eigenvalue weighted by Crippen LogP contribution is 2.38. The summed E-state index contributed by atoms with van der Waals surface area (Å²) in [5, 5.41) is 10.5. The molecule has 1 aliphatic heterocycles. The largest absolute Gasteiger partial charge is 0.507 e. The van der Waals surface area contributed by atoms with Crippen LogP contribution >= 0.6 is 11.6 Å². The zero-order valence-electron chi connectivity index (χ0n) is 10.2. The molecule has 2 heterocycles. The van der Waals surface area contributed by atoms with Crippen LogP contribution in [0.5, 0.6) is 5.75 Å². The van der Waals surface area contributed by atoms with Crippen LogP contribution in [-0.4, -0.2) is 14.7 Å². The third kappa shape index (κ3) is 1.70. The highest BCUT2D eigenvalue weighted by Gasteiger charge is 2.25. The van der Waals surface area contributed by atoms with Crippen LogP contribution < -0.4 is 0 Å². The van der Waals surface area contributed by atoms with Crippen LogP contribution in [0.25, 0.3) is 11.4 Å². The van der Waals surface area contributed by atoms with Crippen molar-refractivity contribution in [2.45, 2.75) is 32.2 Å². The van der Waals surface area contributed by atoms with Crippen molar-refractivity contribution in [1.29, 1.82) is 0 Å².